The molecular formula is C26H27N5O3S. The number of ether oxygens (including phenoxy) is 1. The van der Waals surface area contributed by atoms with Gasteiger partial charge in [0, 0.05) is 30.0 Å². The van der Waals surface area contributed by atoms with E-state index in [0.717, 1.165) is 60.4 Å². The third-order valence-electron chi connectivity index (χ3n) is 5.75. The Kier molecular flexibility index (Phi) is 7.15. The topological polar surface area (TPSA) is 85.4 Å². The monoisotopic (exact) mass is 489 g/mol. The lowest BCUT2D eigenvalue weighted by Crippen LogP contribution is -2.36. The zero-order chi connectivity index (χ0) is 24.0. The Morgan fingerprint density at radius 1 is 1.06 bits per heavy atom. The minimum atomic E-state index is -0.0984. The number of aryl methyl sites for hydroxylation is 1. The Bertz CT molecular complexity index is 1260. The van der Waals surface area contributed by atoms with E-state index in [1.807, 2.05) is 66.1 Å². The molecule has 1 fully saturated rings. The Morgan fingerprint density at radius 2 is 1.89 bits per heavy atom. The van der Waals surface area contributed by atoms with Crippen molar-refractivity contribution in [2.45, 2.75) is 18.6 Å². The first-order chi connectivity index (χ1) is 17.2. The van der Waals surface area contributed by atoms with E-state index < -0.39 is 0 Å². The predicted octanol–water partition coefficient (Wildman–Crippen LogP) is 4.46. The molecule has 9 heteroatoms. The predicted molar refractivity (Wildman–Crippen MR) is 137 cm³/mol. The molecule has 1 saturated heterocycles. The number of hydrogen-bond acceptors (Lipinski definition) is 7. The lowest BCUT2D eigenvalue weighted by Gasteiger charge is -2.28. The molecule has 4 aromatic rings. The summed E-state index contributed by atoms with van der Waals surface area (Å²) in [4.78, 5) is 15.0. The molecule has 8 nitrogen and oxygen atoms in total. The van der Waals surface area contributed by atoms with Gasteiger partial charge in [-0.25, -0.2) is 0 Å². The van der Waals surface area contributed by atoms with Crippen LogP contribution in [-0.4, -0.2) is 52.7 Å². The van der Waals surface area contributed by atoms with E-state index in [-0.39, 0.29) is 11.7 Å². The van der Waals surface area contributed by atoms with Gasteiger partial charge in [0.1, 0.15) is 5.76 Å². The Labute approximate surface area is 208 Å². The molecule has 1 aliphatic heterocycles. The average molecular weight is 490 g/mol. The summed E-state index contributed by atoms with van der Waals surface area (Å²) < 4.78 is 13.0. The van der Waals surface area contributed by atoms with Crippen LogP contribution in [0.1, 0.15) is 11.3 Å². The van der Waals surface area contributed by atoms with E-state index in [1.165, 1.54) is 11.8 Å². The van der Waals surface area contributed by atoms with E-state index in [4.69, 9.17) is 9.15 Å². The van der Waals surface area contributed by atoms with Gasteiger partial charge in [-0.05, 0) is 49.4 Å². The van der Waals surface area contributed by atoms with Crippen molar-refractivity contribution in [3.63, 3.8) is 0 Å². The molecule has 1 N–H and O–H groups in total. The smallest absolute Gasteiger partial charge is 0.234 e. The maximum absolute atomic E-state index is 12.7. The van der Waals surface area contributed by atoms with Crippen LogP contribution in [0.4, 0.5) is 11.4 Å². The number of morpholine rings is 1. The molecule has 0 unspecified atom stereocenters. The Balaban J connectivity index is 1.26. The van der Waals surface area contributed by atoms with Gasteiger partial charge in [-0.15, -0.1) is 10.2 Å². The number of anilines is 2. The number of nitrogens with zero attached hydrogens (tertiary/aromatic N) is 4. The van der Waals surface area contributed by atoms with Crippen molar-refractivity contribution in [3.8, 4) is 11.4 Å². The van der Waals surface area contributed by atoms with Gasteiger partial charge in [-0.1, -0.05) is 35.5 Å². The number of rotatable bonds is 8. The first-order valence-electron chi connectivity index (χ1n) is 11.5. The summed E-state index contributed by atoms with van der Waals surface area (Å²) in [6.07, 6.45) is 1.65. The maximum Gasteiger partial charge on any atom is 0.234 e. The van der Waals surface area contributed by atoms with Crippen molar-refractivity contribution in [3.05, 3.63) is 78.3 Å². The number of carbonyl (C=O) groups is 1. The number of furan rings is 1. The van der Waals surface area contributed by atoms with E-state index in [1.54, 1.807) is 6.26 Å². The molecule has 5 rings (SSSR count). The second kappa shape index (κ2) is 10.8. The molecule has 0 aliphatic carbocycles. The molecule has 1 amide bonds. The van der Waals surface area contributed by atoms with Crippen molar-refractivity contribution in [1.82, 2.24) is 14.8 Å². The number of aromatic nitrogens is 3. The molecule has 2 aromatic heterocycles. The van der Waals surface area contributed by atoms with Gasteiger partial charge in [-0.2, -0.15) is 0 Å². The molecule has 0 radical (unpaired) electrons. The van der Waals surface area contributed by atoms with Crippen LogP contribution in [-0.2, 0) is 16.1 Å². The normalized spacial score (nSPS) is 13.7. The third kappa shape index (κ3) is 5.75. The highest BCUT2D eigenvalue weighted by molar-refractivity contribution is 7.99. The van der Waals surface area contributed by atoms with E-state index in [9.17, 15) is 4.79 Å². The fourth-order valence-corrected chi connectivity index (χ4v) is 4.74. The highest BCUT2D eigenvalue weighted by Gasteiger charge is 2.17. The minimum Gasteiger partial charge on any atom is -0.467 e. The van der Waals surface area contributed by atoms with Gasteiger partial charge in [0.2, 0.25) is 5.91 Å². The second-order valence-corrected chi connectivity index (χ2v) is 9.27. The number of nitrogens with one attached hydrogen (secondary N) is 1. The highest BCUT2D eigenvalue weighted by Crippen LogP contribution is 2.26. The second-order valence-electron chi connectivity index (χ2n) is 8.32. The first kappa shape index (κ1) is 23.2. The summed E-state index contributed by atoms with van der Waals surface area (Å²) >= 11 is 1.36. The molecule has 0 saturated carbocycles. The van der Waals surface area contributed by atoms with Gasteiger partial charge in [0.15, 0.2) is 11.0 Å². The summed E-state index contributed by atoms with van der Waals surface area (Å²) in [6.45, 7) is 5.77. The zero-order valence-corrected chi connectivity index (χ0v) is 20.3. The van der Waals surface area contributed by atoms with Crippen molar-refractivity contribution in [2.75, 3.05) is 42.3 Å². The van der Waals surface area contributed by atoms with Crippen molar-refractivity contribution < 1.29 is 13.9 Å². The fraction of sp³-hybridized carbons (Fsp3) is 0.269. The molecule has 0 bridgehead atoms. The van der Waals surface area contributed by atoms with Crippen LogP contribution in [0.2, 0.25) is 0 Å². The summed E-state index contributed by atoms with van der Waals surface area (Å²) in [5, 5.41) is 12.4. The molecule has 35 heavy (non-hydrogen) atoms. The molecule has 0 atom stereocenters. The van der Waals surface area contributed by atoms with Gasteiger partial charge in [-0.3, -0.25) is 9.36 Å². The summed E-state index contributed by atoms with van der Waals surface area (Å²) in [5.74, 6) is 1.66. The van der Waals surface area contributed by atoms with Crippen molar-refractivity contribution in [1.29, 1.82) is 0 Å². The first-order valence-corrected chi connectivity index (χ1v) is 12.5. The van der Waals surface area contributed by atoms with Crippen LogP contribution in [0.15, 0.2) is 76.5 Å². The van der Waals surface area contributed by atoms with Crippen LogP contribution >= 0.6 is 11.8 Å². The summed E-state index contributed by atoms with van der Waals surface area (Å²) in [5.41, 5.74) is 4.02. The fourth-order valence-electron chi connectivity index (χ4n) is 4.00. The van der Waals surface area contributed by atoms with Gasteiger partial charge in [0.05, 0.1) is 31.8 Å². The van der Waals surface area contributed by atoms with Crippen LogP contribution in [0, 0.1) is 6.92 Å². The number of amides is 1. The molecule has 1 aliphatic rings. The number of hydrogen-bond donors (Lipinski definition) is 1. The summed E-state index contributed by atoms with van der Waals surface area (Å²) in [6, 6.07) is 19.8. The Morgan fingerprint density at radius 3 is 2.63 bits per heavy atom. The third-order valence-corrected chi connectivity index (χ3v) is 6.71. The van der Waals surface area contributed by atoms with Gasteiger partial charge in [0.25, 0.3) is 0 Å². The van der Waals surface area contributed by atoms with Crippen LogP contribution in [0.25, 0.3) is 11.4 Å². The van der Waals surface area contributed by atoms with E-state index in [2.05, 4.69) is 26.5 Å². The zero-order valence-electron chi connectivity index (χ0n) is 19.5. The van der Waals surface area contributed by atoms with Crippen LogP contribution in [0.3, 0.4) is 0 Å². The quantitative estimate of drug-likeness (QED) is 0.366. The van der Waals surface area contributed by atoms with Crippen molar-refractivity contribution >= 4 is 29.0 Å². The largest absolute Gasteiger partial charge is 0.467 e. The lowest BCUT2D eigenvalue weighted by molar-refractivity contribution is -0.113. The highest BCUT2D eigenvalue weighted by atomic mass is 32.2. The average Bonchev–Trinajstić information content (AvgIpc) is 3.54. The summed E-state index contributed by atoms with van der Waals surface area (Å²) in [7, 11) is 0. The van der Waals surface area contributed by atoms with Gasteiger partial charge >= 0.3 is 0 Å². The SMILES string of the molecule is Cc1cccc(-c2nnc(SCC(=O)Nc3ccc(N4CCOCC4)cc3)n2Cc2ccco2)c1. The molecule has 3 heterocycles. The number of thioether (sulfide) groups is 1. The van der Waals surface area contributed by atoms with E-state index in [0.29, 0.717) is 11.7 Å². The molecule has 180 valence electrons. The molecular weight excluding hydrogens is 462 g/mol. The van der Waals surface area contributed by atoms with Crippen LogP contribution < -0.4 is 10.2 Å². The Hall–Kier alpha value is -3.56. The number of benzene rings is 2. The van der Waals surface area contributed by atoms with Gasteiger partial charge < -0.3 is 19.4 Å². The van der Waals surface area contributed by atoms with Crippen molar-refractivity contribution in [2.24, 2.45) is 0 Å². The van der Waals surface area contributed by atoms with E-state index >= 15 is 0 Å². The van der Waals surface area contributed by atoms with Crippen LogP contribution in [0.5, 0.6) is 0 Å². The minimum absolute atomic E-state index is 0.0984. The maximum atomic E-state index is 12.7. The molecule has 2 aromatic carbocycles. The standard InChI is InChI=1S/C26H27N5O3S/c1-19-4-2-5-20(16-19)25-28-29-26(31(25)17-23-6-3-13-34-23)35-18-24(32)27-21-7-9-22(10-8-21)30-11-14-33-15-12-30/h2-10,13,16H,11-12,14-15,17-18H2,1H3,(H,27,32). The molecule has 0 spiro atoms. The number of carbonyl (C=O) groups excluding carboxylic acids is 1. The lowest BCUT2D eigenvalue weighted by atomic mass is 10.1.